The Kier molecular flexibility index (Phi) is 40.9. The van der Waals surface area contributed by atoms with Crippen LogP contribution in [0.4, 0.5) is 0 Å². The number of methoxy groups -OCH3 is 3. The Hall–Kier alpha value is -6.35. The monoisotopic (exact) mass is 1330 g/mol. The summed E-state index contributed by atoms with van der Waals surface area (Å²) in [7, 11) is 7.75. The SMILES string of the molecule is C#CC(O)NCCCC(=O)N(CCC[NH+]([O-])CCOCCOCCC(=O)NC(C)C(=O)NCCCC(=O)N(C)[C@@H](C(=O)N[C@H](C(=O)N(C)[C@@H]([C@@H](C)CC)[C@@H](CC(=O)N1CCC[C@H]1[C@H](OC)[C@@H](C)CN[C@@H](Cc1ccccc1)C(=O)OC)OC)C(C)C)C(C)C)CCC(=O)O. The molecule has 8 N–H and O–H groups in total. The Labute approximate surface area is 558 Å². The number of likely N-dealkylation sites (N-methyl/N-ethyl adjacent to an activating group) is 2. The zero-order valence-corrected chi connectivity index (χ0v) is 58.2. The summed E-state index contributed by atoms with van der Waals surface area (Å²) < 4.78 is 28.3. The average molecular weight is 1330 g/mol. The van der Waals surface area contributed by atoms with E-state index in [1.807, 2.05) is 83.7 Å². The first-order valence-corrected chi connectivity index (χ1v) is 33.3. The predicted octanol–water partition coefficient (Wildman–Crippen LogP) is 1.13. The first kappa shape index (κ1) is 83.7. The highest BCUT2D eigenvalue weighted by molar-refractivity contribution is 5.93. The second kappa shape index (κ2) is 45.9. The van der Waals surface area contributed by atoms with Crippen molar-refractivity contribution in [2.75, 3.05) is 114 Å². The third-order valence-electron chi connectivity index (χ3n) is 17.2. The lowest BCUT2D eigenvalue weighted by Gasteiger charge is -2.41. The number of rotatable bonds is 49. The van der Waals surface area contributed by atoms with Crippen molar-refractivity contribution < 1.29 is 82.1 Å². The van der Waals surface area contributed by atoms with E-state index in [2.05, 4.69) is 32.5 Å². The molecule has 0 bridgehead atoms. The van der Waals surface area contributed by atoms with Crippen molar-refractivity contribution in [2.45, 2.75) is 187 Å². The Morgan fingerprint density at radius 1 is 0.766 bits per heavy atom. The molecule has 1 aliphatic rings. The quantitative estimate of drug-likeness (QED) is 0.0149. The van der Waals surface area contributed by atoms with Gasteiger partial charge in [0.25, 0.3) is 0 Å². The number of hydrogen-bond acceptors (Lipinski definition) is 18. The van der Waals surface area contributed by atoms with Gasteiger partial charge in [0.15, 0.2) is 6.23 Å². The van der Waals surface area contributed by atoms with Gasteiger partial charge in [-0.2, -0.15) is 0 Å². The van der Waals surface area contributed by atoms with E-state index in [-0.39, 0.29) is 168 Å². The normalized spacial score (nSPS) is 16.6. The van der Waals surface area contributed by atoms with E-state index in [9.17, 15) is 53.5 Å². The van der Waals surface area contributed by atoms with Crippen LogP contribution in [0.5, 0.6) is 0 Å². The van der Waals surface area contributed by atoms with Gasteiger partial charge in [0, 0.05) is 86.7 Å². The van der Waals surface area contributed by atoms with Crippen LogP contribution in [-0.2, 0) is 73.3 Å². The number of carbonyl (C=O) groups is 9. The number of ether oxygens (including phenoxy) is 5. The molecule has 94 heavy (non-hydrogen) atoms. The largest absolute Gasteiger partial charge is 0.634 e. The highest BCUT2D eigenvalue weighted by Gasteiger charge is 2.43. The van der Waals surface area contributed by atoms with Crippen molar-refractivity contribution in [1.29, 1.82) is 0 Å². The fraction of sp³-hybridized carbons (Fsp3) is 0.746. The number of carboxylic acids is 1. The van der Waals surface area contributed by atoms with Gasteiger partial charge in [0.2, 0.25) is 41.4 Å². The molecule has 7 amide bonds. The van der Waals surface area contributed by atoms with Crippen LogP contribution >= 0.6 is 0 Å². The first-order valence-electron chi connectivity index (χ1n) is 33.3. The molecule has 534 valence electrons. The molecule has 0 aliphatic carbocycles. The Morgan fingerprint density at radius 3 is 2.03 bits per heavy atom. The average Bonchev–Trinajstić information content (AvgIpc) is 1.43. The van der Waals surface area contributed by atoms with Crippen LogP contribution in [0.25, 0.3) is 0 Å². The predicted molar refractivity (Wildman–Crippen MR) is 354 cm³/mol. The summed E-state index contributed by atoms with van der Waals surface area (Å²) in [5.74, 6) is -2.78. The summed E-state index contributed by atoms with van der Waals surface area (Å²) in [4.78, 5) is 126. The summed E-state index contributed by atoms with van der Waals surface area (Å²) in [6.45, 7) is 17.2. The van der Waals surface area contributed by atoms with Crippen LogP contribution < -0.4 is 31.6 Å². The third kappa shape index (κ3) is 30.2. The summed E-state index contributed by atoms with van der Waals surface area (Å²) in [6, 6.07) is 5.47. The van der Waals surface area contributed by atoms with Crippen molar-refractivity contribution in [3.8, 4) is 12.3 Å². The lowest BCUT2D eigenvalue weighted by atomic mass is 9.89. The number of benzene rings is 1. The highest BCUT2D eigenvalue weighted by Crippen LogP contribution is 2.30. The van der Waals surface area contributed by atoms with Crippen LogP contribution in [0.2, 0.25) is 0 Å². The maximum absolute atomic E-state index is 14.7. The smallest absolute Gasteiger partial charge is 0.323 e. The van der Waals surface area contributed by atoms with Crippen LogP contribution in [0.15, 0.2) is 30.3 Å². The van der Waals surface area contributed by atoms with E-state index in [0.29, 0.717) is 45.3 Å². The second-order valence-electron chi connectivity index (χ2n) is 25.1. The number of nitrogens with zero attached hydrogens (tertiary/aromatic N) is 4. The standard InChI is InChI=1S/C67H114N10O17/c1-15-47(7)62(53(90-12)43-58(82)77-35-22-26-52(77)63(91-13)48(8)44-70-51(67(88)92-14)42-50-24-18-17-19-25-50)74(11)66(87)60(45(3)4)72-65(86)61(46(5)6)73(10)56(80)27-20-32-69-64(85)49(9)71-55(79)30-38-93-40-41-94-39-37-76(89)34-23-33-75(36-29-59(83)84)57(81)28-21-31-68-54(78)16-2/h2,17-19,24-25,45-49,51-54,60-63,68,70,76,78H,15,20-23,26-44H2,1,3-14H3,(H,69,85)(H,71,79)(H,72,86)(H,83,84)/t47-,48-,49?,51-,52-,53+,54?,60-,61+,62-,63+/m0/s1. The number of nitrogens with one attached hydrogen (secondary N) is 6. The topological polar surface area (TPSA) is 341 Å². The van der Waals surface area contributed by atoms with Crippen molar-refractivity contribution in [1.82, 2.24) is 46.2 Å². The molecular formula is C67H114N10O17. The molecule has 27 heteroatoms. The maximum atomic E-state index is 14.7. The van der Waals surface area contributed by atoms with Gasteiger partial charge in [0.1, 0.15) is 30.7 Å². The van der Waals surface area contributed by atoms with E-state index >= 15 is 0 Å². The van der Waals surface area contributed by atoms with Crippen molar-refractivity contribution in [3.05, 3.63) is 41.1 Å². The molecule has 0 spiro atoms. The summed E-state index contributed by atoms with van der Waals surface area (Å²) >= 11 is 0. The first-order chi connectivity index (χ1) is 44.7. The second-order valence-corrected chi connectivity index (χ2v) is 25.1. The zero-order valence-electron chi connectivity index (χ0n) is 58.2. The number of aliphatic carboxylic acids is 1. The van der Waals surface area contributed by atoms with Gasteiger partial charge in [-0.05, 0) is 74.8 Å². The molecular weight excluding hydrogens is 1220 g/mol. The van der Waals surface area contributed by atoms with E-state index < -0.39 is 66.2 Å². The van der Waals surface area contributed by atoms with Gasteiger partial charge in [0.05, 0.1) is 77.2 Å². The zero-order chi connectivity index (χ0) is 70.5. The molecule has 1 heterocycles. The van der Waals surface area contributed by atoms with Crippen LogP contribution in [0, 0.1) is 41.2 Å². The number of amides is 7. The van der Waals surface area contributed by atoms with Crippen LogP contribution in [0.1, 0.15) is 132 Å². The number of aliphatic hydroxyl groups is 1. The molecule has 1 aromatic rings. The van der Waals surface area contributed by atoms with Gasteiger partial charge in [-0.3, -0.25) is 48.5 Å². The molecule has 1 saturated heterocycles. The molecule has 1 aromatic carbocycles. The number of likely N-dealkylation sites (tertiary alicyclic amines) is 1. The number of carbonyl (C=O) groups excluding carboxylic acids is 8. The summed E-state index contributed by atoms with van der Waals surface area (Å²) in [6.07, 6.45) is 6.32. The minimum atomic E-state index is -1.12. The lowest BCUT2D eigenvalue weighted by molar-refractivity contribution is -0.848. The highest BCUT2D eigenvalue weighted by atomic mass is 16.5. The van der Waals surface area contributed by atoms with Crippen molar-refractivity contribution in [2.24, 2.45) is 23.7 Å². The fourth-order valence-electron chi connectivity index (χ4n) is 11.7. The molecule has 2 rings (SSSR count). The molecule has 12 atom stereocenters. The molecule has 1 aliphatic heterocycles. The van der Waals surface area contributed by atoms with Crippen LogP contribution in [-0.4, -0.2) is 252 Å². The van der Waals surface area contributed by atoms with Gasteiger partial charge >= 0.3 is 11.9 Å². The number of quaternary nitrogens is 1. The van der Waals surface area contributed by atoms with E-state index in [4.69, 9.17) is 35.2 Å². The number of esters is 1. The maximum Gasteiger partial charge on any atom is 0.323 e. The van der Waals surface area contributed by atoms with E-state index in [1.165, 1.54) is 38.0 Å². The number of carboxylic acid groups (broad SMARTS) is 1. The number of hydroxylamine groups is 2. The number of aliphatic hydroxyl groups excluding tert-OH is 1. The van der Waals surface area contributed by atoms with E-state index in [0.717, 1.165) is 18.4 Å². The number of terminal acetylenes is 1. The third-order valence-corrected chi connectivity index (χ3v) is 17.2. The van der Waals surface area contributed by atoms with Gasteiger partial charge < -0.3 is 85.0 Å². The minimum Gasteiger partial charge on any atom is -0.634 e. The Morgan fingerprint density at radius 2 is 1.43 bits per heavy atom. The van der Waals surface area contributed by atoms with Crippen molar-refractivity contribution >= 4 is 53.3 Å². The molecule has 27 nitrogen and oxygen atoms in total. The molecule has 0 aromatic heterocycles. The van der Waals surface area contributed by atoms with Crippen molar-refractivity contribution in [3.63, 3.8) is 0 Å². The Bertz CT molecular complexity index is 2490. The molecule has 3 unspecified atom stereocenters. The summed E-state index contributed by atoms with van der Waals surface area (Å²) in [5.41, 5.74) is 0.990. The molecule has 0 radical (unpaired) electrons. The minimum absolute atomic E-state index is 0.0101. The number of hydrogen-bond donors (Lipinski definition) is 8. The molecule has 0 saturated carbocycles. The van der Waals surface area contributed by atoms with Crippen LogP contribution in [0.3, 0.4) is 0 Å². The molecule has 1 fully saturated rings. The Balaban J connectivity index is 1.88. The van der Waals surface area contributed by atoms with Gasteiger partial charge in [-0.1, -0.05) is 91.1 Å². The van der Waals surface area contributed by atoms with E-state index in [1.54, 1.807) is 19.1 Å². The lowest BCUT2D eigenvalue weighted by Crippen LogP contribution is -3.07. The van der Waals surface area contributed by atoms with Gasteiger partial charge in [-0.25, -0.2) is 0 Å². The van der Waals surface area contributed by atoms with Gasteiger partial charge in [-0.15, -0.1) is 6.42 Å². The fourth-order valence-corrected chi connectivity index (χ4v) is 11.7. The summed E-state index contributed by atoms with van der Waals surface area (Å²) in [5, 5.41) is 45.2.